The molecular weight excluding hydrogens is 384 g/mol. The molecule has 5 heteroatoms. The molecule has 26 heavy (non-hydrogen) atoms. The Bertz CT molecular complexity index is 744. The molecule has 0 atom stereocenters. The van der Waals surface area contributed by atoms with Gasteiger partial charge in [-0.05, 0) is 24.6 Å². The highest BCUT2D eigenvalue weighted by atomic mass is 35.5. The van der Waals surface area contributed by atoms with E-state index in [1.54, 1.807) is 11.6 Å². The first kappa shape index (κ1) is 21.0. The van der Waals surface area contributed by atoms with Crippen molar-refractivity contribution in [2.24, 2.45) is 0 Å². The minimum atomic E-state index is -3.04. The second kappa shape index (κ2) is 10.1. The van der Waals surface area contributed by atoms with Crippen LogP contribution in [-0.2, 0) is 4.57 Å². The minimum absolute atomic E-state index is 0.464. The van der Waals surface area contributed by atoms with Gasteiger partial charge in [-0.2, -0.15) is 0 Å². The van der Waals surface area contributed by atoms with Crippen molar-refractivity contribution >= 4 is 40.6 Å². The third-order valence-electron chi connectivity index (χ3n) is 4.06. The topological polar surface area (TPSA) is 20.3 Å². The predicted octanol–water partition coefficient (Wildman–Crippen LogP) is 7.47. The summed E-state index contributed by atoms with van der Waals surface area (Å²) in [5.74, 6) is 3.29. The molecule has 0 aliphatic rings. The van der Waals surface area contributed by atoms with Gasteiger partial charge in [-0.25, -0.2) is 0 Å². The van der Waals surface area contributed by atoms with Crippen LogP contribution in [0.15, 0.2) is 72.3 Å². The molecule has 0 fully saturated rings. The van der Waals surface area contributed by atoms with Crippen molar-refractivity contribution in [1.29, 1.82) is 0 Å². The quantitative estimate of drug-likeness (QED) is 0.422. The van der Waals surface area contributed by atoms with Crippen LogP contribution in [0.5, 0.6) is 0 Å². The van der Waals surface area contributed by atoms with Gasteiger partial charge in [0, 0.05) is 18.2 Å². The third kappa shape index (κ3) is 5.86. The average molecular weight is 408 g/mol. The average Bonchev–Trinajstić information content (AvgIpc) is 2.67. The molecule has 0 saturated heterocycles. The van der Waals surface area contributed by atoms with Gasteiger partial charge in [-0.1, -0.05) is 97.2 Å². The standard InChI is InChI=1S/C21H24Cl2NOP/c1-3-4-15-24(2)26(25,16-20(22)18-11-7-5-8-12-18)17-21(23)19-13-9-6-10-14-19/h5-14,16-17H,3-4,15H2,1-2H3/b20-16-,21-17-. The third-order valence-corrected chi connectivity index (χ3v) is 7.55. The Kier molecular flexibility index (Phi) is 8.18. The van der Waals surface area contributed by atoms with Crippen LogP contribution in [0.1, 0.15) is 30.9 Å². The van der Waals surface area contributed by atoms with Crippen LogP contribution >= 0.6 is 30.5 Å². The van der Waals surface area contributed by atoms with Gasteiger partial charge in [-0.3, -0.25) is 9.24 Å². The molecule has 2 aromatic carbocycles. The van der Waals surface area contributed by atoms with Gasteiger partial charge in [-0.15, -0.1) is 0 Å². The van der Waals surface area contributed by atoms with E-state index < -0.39 is 7.29 Å². The van der Waals surface area contributed by atoms with Crippen LogP contribution in [0.25, 0.3) is 10.1 Å². The zero-order valence-electron chi connectivity index (χ0n) is 15.1. The fourth-order valence-electron chi connectivity index (χ4n) is 2.45. The van der Waals surface area contributed by atoms with E-state index in [4.69, 9.17) is 23.2 Å². The Labute approximate surface area is 166 Å². The highest BCUT2D eigenvalue weighted by Gasteiger charge is 2.24. The Balaban J connectivity index is 2.44. The summed E-state index contributed by atoms with van der Waals surface area (Å²) in [6.07, 6.45) is 1.98. The van der Waals surface area contributed by atoms with Gasteiger partial charge in [0.25, 0.3) is 0 Å². The molecule has 0 spiro atoms. The van der Waals surface area contributed by atoms with Gasteiger partial charge in [0.15, 0.2) is 7.29 Å². The second-order valence-corrected chi connectivity index (χ2v) is 9.45. The van der Waals surface area contributed by atoms with E-state index in [1.165, 1.54) is 0 Å². The summed E-state index contributed by atoms with van der Waals surface area (Å²) in [7, 11) is -1.18. The molecule has 0 bridgehead atoms. The van der Waals surface area contributed by atoms with Crippen molar-refractivity contribution < 1.29 is 4.57 Å². The van der Waals surface area contributed by atoms with Crippen LogP contribution < -0.4 is 0 Å². The molecular formula is C21H24Cl2NOP. The first-order valence-corrected chi connectivity index (χ1v) is 11.2. The van der Waals surface area contributed by atoms with Crippen molar-refractivity contribution in [2.45, 2.75) is 19.8 Å². The lowest BCUT2D eigenvalue weighted by atomic mass is 10.2. The van der Waals surface area contributed by atoms with Crippen molar-refractivity contribution in [1.82, 2.24) is 4.67 Å². The molecule has 0 heterocycles. The largest absolute Gasteiger partial charge is 0.297 e. The van der Waals surface area contributed by atoms with Gasteiger partial charge < -0.3 is 0 Å². The smallest absolute Gasteiger partial charge is 0.196 e. The highest BCUT2D eigenvalue weighted by molar-refractivity contribution is 7.68. The molecule has 0 aromatic heterocycles. The van der Waals surface area contributed by atoms with Gasteiger partial charge in [0.05, 0.1) is 10.1 Å². The minimum Gasteiger partial charge on any atom is -0.297 e. The fourth-order valence-corrected chi connectivity index (χ4v) is 5.41. The van der Waals surface area contributed by atoms with E-state index in [0.717, 1.165) is 24.0 Å². The number of hydrogen-bond donors (Lipinski definition) is 0. The molecule has 0 aliphatic carbocycles. The lowest BCUT2D eigenvalue weighted by Crippen LogP contribution is -2.14. The molecule has 0 amide bonds. The molecule has 0 aliphatic heterocycles. The molecule has 138 valence electrons. The SMILES string of the molecule is CCCCN(C)P(=O)(/C=C(\Cl)c1ccccc1)/C=C(\Cl)c1ccccc1. The van der Waals surface area contributed by atoms with Gasteiger partial charge in [0.2, 0.25) is 0 Å². The monoisotopic (exact) mass is 407 g/mol. The highest BCUT2D eigenvalue weighted by Crippen LogP contribution is 2.56. The molecule has 2 aromatic rings. The molecule has 0 unspecified atom stereocenters. The summed E-state index contributed by atoms with van der Waals surface area (Å²) in [6, 6.07) is 19.1. The molecule has 2 rings (SSSR count). The number of halogens is 2. The maximum atomic E-state index is 13.8. The summed E-state index contributed by atoms with van der Waals surface area (Å²) in [4.78, 5) is 0. The number of hydrogen-bond acceptors (Lipinski definition) is 1. The maximum Gasteiger partial charge on any atom is 0.196 e. The number of benzene rings is 2. The van der Waals surface area contributed by atoms with Crippen molar-refractivity contribution in [2.75, 3.05) is 13.6 Å². The van der Waals surface area contributed by atoms with E-state index in [2.05, 4.69) is 6.92 Å². The summed E-state index contributed by atoms with van der Waals surface area (Å²) >= 11 is 13.0. The molecule has 2 nitrogen and oxygen atoms in total. The predicted molar refractivity (Wildman–Crippen MR) is 116 cm³/mol. The van der Waals surface area contributed by atoms with Crippen LogP contribution in [0.2, 0.25) is 0 Å². The van der Waals surface area contributed by atoms with Crippen LogP contribution in [0, 0.1) is 0 Å². The van der Waals surface area contributed by atoms with Crippen LogP contribution in [0.4, 0.5) is 0 Å². The lowest BCUT2D eigenvalue weighted by Gasteiger charge is -2.24. The maximum absolute atomic E-state index is 13.8. The normalized spacial score (nSPS) is 13.3. The summed E-state index contributed by atoms with van der Waals surface area (Å²) in [5, 5.41) is 0.928. The number of unbranched alkanes of at least 4 members (excludes halogenated alkanes) is 1. The van der Waals surface area contributed by atoms with Crippen molar-refractivity contribution in [3.05, 3.63) is 83.4 Å². The molecule has 0 radical (unpaired) electrons. The second-order valence-electron chi connectivity index (χ2n) is 6.09. The first-order valence-electron chi connectivity index (χ1n) is 8.65. The summed E-state index contributed by atoms with van der Waals surface area (Å²) < 4.78 is 15.6. The number of nitrogens with zero attached hydrogens (tertiary/aromatic N) is 1. The van der Waals surface area contributed by atoms with Crippen LogP contribution in [-0.4, -0.2) is 18.3 Å². The van der Waals surface area contributed by atoms with E-state index in [1.807, 2.05) is 72.4 Å². The summed E-state index contributed by atoms with van der Waals surface area (Å²) in [6.45, 7) is 2.82. The molecule has 0 saturated carbocycles. The molecule has 0 N–H and O–H groups in total. The summed E-state index contributed by atoms with van der Waals surface area (Å²) in [5.41, 5.74) is 1.67. The Morgan fingerprint density at radius 1 is 0.923 bits per heavy atom. The van der Waals surface area contributed by atoms with Gasteiger partial charge >= 0.3 is 0 Å². The lowest BCUT2D eigenvalue weighted by molar-refractivity contribution is 0.471. The van der Waals surface area contributed by atoms with E-state index in [0.29, 0.717) is 16.6 Å². The van der Waals surface area contributed by atoms with Crippen LogP contribution in [0.3, 0.4) is 0 Å². The fraction of sp³-hybridized carbons (Fsp3) is 0.238. The van der Waals surface area contributed by atoms with E-state index >= 15 is 0 Å². The number of rotatable bonds is 8. The van der Waals surface area contributed by atoms with Crippen molar-refractivity contribution in [3.8, 4) is 0 Å². The zero-order valence-corrected chi connectivity index (χ0v) is 17.5. The van der Waals surface area contributed by atoms with Crippen molar-refractivity contribution in [3.63, 3.8) is 0 Å². The van der Waals surface area contributed by atoms with E-state index in [-0.39, 0.29) is 0 Å². The Morgan fingerprint density at radius 3 is 1.73 bits per heavy atom. The van der Waals surface area contributed by atoms with E-state index in [9.17, 15) is 4.57 Å². The van der Waals surface area contributed by atoms with Gasteiger partial charge in [0.1, 0.15) is 0 Å². The Morgan fingerprint density at radius 2 is 1.35 bits per heavy atom. The zero-order chi connectivity index (χ0) is 19.0. The first-order chi connectivity index (χ1) is 12.5. The Hall–Kier alpha value is -1.31.